The van der Waals surface area contributed by atoms with Gasteiger partial charge in [0.1, 0.15) is 5.75 Å². The Morgan fingerprint density at radius 1 is 1.12 bits per heavy atom. The Morgan fingerprint density at radius 2 is 1.92 bits per heavy atom. The molecule has 5 heteroatoms. The van der Waals surface area contributed by atoms with Gasteiger partial charge in [-0.05, 0) is 49.2 Å². The summed E-state index contributed by atoms with van der Waals surface area (Å²) < 4.78 is 5.15. The van der Waals surface area contributed by atoms with E-state index in [9.17, 15) is 9.59 Å². The molecular formula is C19H20N2O3. The van der Waals surface area contributed by atoms with Gasteiger partial charge >= 0.3 is 0 Å². The first-order chi connectivity index (χ1) is 11.7. The molecule has 0 saturated carbocycles. The first-order valence-electron chi connectivity index (χ1n) is 8.03. The molecule has 0 aromatic heterocycles. The molecule has 2 amide bonds. The summed E-state index contributed by atoms with van der Waals surface area (Å²) in [5.41, 5.74) is 2.07. The number of rotatable bonds is 4. The Kier molecular flexibility index (Phi) is 4.79. The topological polar surface area (TPSA) is 58.6 Å². The molecule has 5 nitrogen and oxygen atoms in total. The lowest BCUT2D eigenvalue weighted by Crippen LogP contribution is -2.35. The second kappa shape index (κ2) is 7.17. The molecule has 0 atom stereocenters. The molecule has 1 N–H and O–H groups in total. The molecule has 1 aliphatic rings. The maximum absolute atomic E-state index is 12.3. The highest BCUT2D eigenvalue weighted by molar-refractivity contribution is 6.04. The smallest absolute Gasteiger partial charge is 0.255 e. The Labute approximate surface area is 141 Å². The predicted octanol–water partition coefficient (Wildman–Crippen LogP) is 3.46. The number of hydrogen-bond donors (Lipinski definition) is 1. The van der Waals surface area contributed by atoms with Crippen LogP contribution in [0.5, 0.6) is 5.75 Å². The summed E-state index contributed by atoms with van der Waals surface area (Å²) in [4.78, 5) is 26.1. The molecule has 3 rings (SSSR count). The van der Waals surface area contributed by atoms with Crippen LogP contribution >= 0.6 is 0 Å². The van der Waals surface area contributed by atoms with Crippen LogP contribution in [0.15, 0.2) is 48.5 Å². The van der Waals surface area contributed by atoms with E-state index in [1.807, 2.05) is 24.3 Å². The van der Waals surface area contributed by atoms with Gasteiger partial charge in [0, 0.05) is 36.0 Å². The molecule has 0 bridgehead atoms. The Bertz CT molecular complexity index is 741. The number of ether oxygens (including phenoxy) is 1. The normalized spacial score (nSPS) is 14.4. The lowest BCUT2D eigenvalue weighted by molar-refractivity contribution is -0.119. The number of piperidine rings is 1. The summed E-state index contributed by atoms with van der Waals surface area (Å²) in [6.45, 7) is 0.744. The third kappa shape index (κ3) is 3.56. The third-order valence-electron chi connectivity index (χ3n) is 4.09. The van der Waals surface area contributed by atoms with E-state index >= 15 is 0 Å². The number of carbonyl (C=O) groups is 2. The van der Waals surface area contributed by atoms with Crippen LogP contribution in [0.4, 0.5) is 11.4 Å². The molecule has 0 unspecified atom stereocenters. The van der Waals surface area contributed by atoms with Gasteiger partial charge in [-0.3, -0.25) is 9.59 Å². The fourth-order valence-electron chi connectivity index (χ4n) is 2.78. The lowest BCUT2D eigenvalue weighted by Gasteiger charge is -2.26. The van der Waals surface area contributed by atoms with Crippen molar-refractivity contribution in [3.8, 4) is 5.75 Å². The van der Waals surface area contributed by atoms with E-state index in [0.717, 1.165) is 25.1 Å². The number of carbonyl (C=O) groups excluding carboxylic acids is 2. The van der Waals surface area contributed by atoms with Crippen LogP contribution in [0.1, 0.15) is 29.6 Å². The second-order valence-corrected chi connectivity index (χ2v) is 5.74. The van der Waals surface area contributed by atoms with Crippen molar-refractivity contribution in [3.63, 3.8) is 0 Å². The van der Waals surface area contributed by atoms with Crippen LogP contribution in [-0.4, -0.2) is 25.5 Å². The zero-order chi connectivity index (χ0) is 16.9. The lowest BCUT2D eigenvalue weighted by atomic mass is 10.1. The molecule has 0 aliphatic carbocycles. The quantitative estimate of drug-likeness (QED) is 0.937. The molecule has 2 aromatic rings. The first-order valence-corrected chi connectivity index (χ1v) is 8.03. The molecule has 1 heterocycles. The minimum atomic E-state index is -0.195. The summed E-state index contributed by atoms with van der Waals surface area (Å²) in [6.07, 6.45) is 2.57. The van der Waals surface area contributed by atoms with Gasteiger partial charge in [0.05, 0.1) is 7.11 Å². The van der Waals surface area contributed by atoms with Gasteiger partial charge in [-0.2, -0.15) is 0 Å². The number of anilines is 2. The van der Waals surface area contributed by atoms with Crippen molar-refractivity contribution >= 4 is 23.2 Å². The number of nitrogens with one attached hydrogen (secondary N) is 1. The van der Waals surface area contributed by atoms with E-state index in [1.54, 1.807) is 36.3 Å². The number of hydrogen-bond acceptors (Lipinski definition) is 3. The summed E-state index contributed by atoms with van der Waals surface area (Å²) in [7, 11) is 1.58. The Hall–Kier alpha value is -2.82. The van der Waals surface area contributed by atoms with Crippen LogP contribution in [0.25, 0.3) is 0 Å². The maximum atomic E-state index is 12.3. The zero-order valence-electron chi connectivity index (χ0n) is 13.6. The molecular weight excluding hydrogens is 304 g/mol. The van der Waals surface area contributed by atoms with Crippen molar-refractivity contribution in [1.82, 2.24) is 0 Å². The van der Waals surface area contributed by atoms with Crippen LogP contribution in [0.2, 0.25) is 0 Å². The van der Waals surface area contributed by atoms with E-state index in [-0.39, 0.29) is 11.8 Å². The third-order valence-corrected chi connectivity index (χ3v) is 4.09. The highest BCUT2D eigenvalue weighted by atomic mass is 16.5. The summed E-state index contributed by atoms with van der Waals surface area (Å²) in [5, 5.41) is 2.84. The molecule has 2 aromatic carbocycles. The monoisotopic (exact) mass is 324 g/mol. The molecule has 1 aliphatic heterocycles. The van der Waals surface area contributed by atoms with Crippen molar-refractivity contribution < 1.29 is 14.3 Å². The molecule has 24 heavy (non-hydrogen) atoms. The fourth-order valence-corrected chi connectivity index (χ4v) is 2.78. The van der Waals surface area contributed by atoms with Crippen molar-refractivity contribution in [2.24, 2.45) is 0 Å². The van der Waals surface area contributed by atoms with E-state index < -0.39 is 0 Å². The molecule has 124 valence electrons. The number of methoxy groups -OCH3 is 1. The van der Waals surface area contributed by atoms with Gasteiger partial charge in [-0.25, -0.2) is 0 Å². The van der Waals surface area contributed by atoms with Gasteiger partial charge in [-0.1, -0.05) is 6.07 Å². The van der Waals surface area contributed by atoms with Gasteiger partial charge in [-0.15, -0.1) is 0 Å². The highest BCUT2D eigenvalue weighted by Gasteiger charge is 2.19. The standard InChI is InChI=1S/C19H20N2O3/c1-24-17-6-4-5-15(13-17)20-19(23)14-8-10-16(11-9-14)21-12-3-2-7-18(21)22/h4-6,8-11,13H,2-3,7,12H2,1H3,(H,20,23). The van der Waals surface area contributed by atoms with Gasteiger partial charge in [0.25, 0.3) is 5.91 Å². The van der Waals surface area contributed by atoms with Crippen molar-refractivity contribution in [1.29, 1.82) is 0 Å². The van der Waals surface area contributed by atoms with Crippen LogP contribution in [0, 0.1) is 0 Å². The van der Waals surface area contributed by atoms with Crippen molar-refractivity contribution in [2.45, 2.75) is 19.3 Å². The molecule has 0 spiro atoms. The van der Waals surface area contributed by atoms with Crippen molar-refractivity contribution in [2.75, 3.05) is 23.9 Å². The minimum Gasteiger partial charge on any atom is -0.497 e. The first kappa shape index (κ1) is 16.1. The minimum absolute atomic E-state index is 0.148. The highest BCUT2D eigenvalue weighted by Crippen LogP contribution is 2.22. The molecule has 1 saturated heterocycles. The predicted molar refractivity (Wildman–Crippen MR) is 93.6 cm³/mol. The molecule has 1 fully saturated rings. The average molecular weight is 324 g/mol. The average Bonchev–Trinajstić information content (AvgIpc) is 2.62. The zero-order valence-corrected chi connectivity index (χ0v) is 13.6. The number of nitrogens with zero attached hydrogens (tertiary/aromatic N) is 1. The second-order valence-electron chi connectivity index (χ2n) is 5.74. The number of amides is 2. The van der Waals surface area contributed by atoms with E-state index in [0.29, 0.717) is 23.4 Å². The molecule has 0 radical (unpaired) electrons. The Morgan fingerprint density at radius 3 is 2.62 bits per heavy atom. The van der Waals surface area contributed by atoms with E-state index in [2.05, 4.69) is 5.32 Å². The van der Waals surface area contributed by atoms with Gasteiger partial charge in [0.15, 0.2) is 0 Å². The van der Waals surface area contributed by atoms with Crippen LogP contribution in [-0.2, 0) is 4.79 Å². The van der Waals surface area contributed by atoms with Gasteiger partial charge < -0.3 is 15.0 Å². The van der Waals surface area contributed by atoms with Crippen LogP contribution < -0.4 is 15.0 Å². The maximum Gasteiger partial charge on any atom is 0.255 e. The SMILES string of the molecule is COc1cccc(NC(=O)c2ccc(N3CCCCC3=O)cc2)c1. The largest absolute Gasteiger partial charge is 0.497 e. The van der Waals surface area contributed by atoms with E-state index in [1.165, 1.54) is 0 Å². The summed E-state index contributed by atoms with van der Waals surface area (Å²) in [5.74, 6) is 0.640. The van der Waals surface area contributed by atoms with Crippen LogP contribution in [0.3, 0.4) is 0 Å². The van der Waals surface area contributed by atoms with Gasteiger partial charge in [0.2, 0.25) is 5.91 Å². The Balaban J connectivity index is 1.70. The summed E-state index contributed by atoms with van der Waals surface area (Å²) in [6, 6.07) is 14.3. The van der Waals surface area contributed by atoms with Crippen molar-refractivity contribution in [3.05, 3.63) is 54.1 Å². The number of benzene rings is 2. The fraction of sp³-hybridized carbons (Fsp3) is 0.263. The summed E-state index contributed by atoms with van der Waals surface area (Å²) >= 11 is 0. The van der Waals surface area contributed by atoms with E-state index in [4.69, 9.17) is 4.74 Å².